The Hall–Kier alpha value is -1.97. The van der Waals surface area contributed by atoms with Gasteiger partial charge >= 0.3 is 0 Å². The average molecular weight is 331 g/mol. The largest absolute Gasteiger partial charge is 0.370 e. The summed E-state index contributed by atoms with van der Waals surface area (Å²) in [7, 11) is 4.43. The lowest BCUT2D eigenvalue weighted by atomic mass is 10.1. The van der Waals surface area contributed by atoms with Gasteiger partial charge in [-0.25, -0.2) is 0 Å². The highest BCUT2D eigenvalue weighted by Gasteiger charge is 2.21. The molecule has 0 aliphatic rings. The molecule has 0 radical (unpaired) electrons. The zero-order valence-electron chi connectivity index (χ0n) is 13.1. The molecular weight excluding hydrogens is 306 g/mol. The lowest BCUT2D eigenvalue weighted by molar-refractivity contribution is -0.130. The van der Waals surface area contributed by atoms with E-state index in [1.807, 2.05) is 17.5 Å². The zero-order valence-corrected chi connectivity index (χ0v) is 13.9. The van der Waals surface area contributed by atoms with E-state index in [0.29, 0.717) is 0 Å². The van der Waals surface area contributed by atoms with Gasteiger partial charge in [-0.05, 0) is 25.5 Å². The number of carbonyl (C=O) groups is 3. The predicted octanol–water partition coefficient (Wildman–Crippen LogP) is -1.45. The second-order valence-corrected chi connectivity index (χ2v) is 4.69. The van der Waals surface area contributed by atoms with E-state index in [2.05, 4.69) is 22.1 Å². The molecule has 0 saturated heterocycles. The Morgan fingerprint density at radius 3 is 2.23 bits per heavy atom. The molecule has 0 unspecified atom stereocenters. The van der Waals surface area contributed by atoms with Gasteiger partial charge in [0.1, 0.15) is 6.04 Å². The minimum absolute atomic E-state index is 0.184. The van der Waals surface area contributed by atoms with Crippen LogP contribution in [0.3, 0.4) is 0 Å². The summed E-state index contributed by atoms with van der Waals surface area (Å²) in [6.07, 6.45) is -0.0280. The van der Waals surface area contributed by atoms with E-state index in [-0.39, 0.29) is 18.7 Å². The van der Waals surface area contributed by atoms with Gasteiger partial charge in [-0.1, -0.05) is 6.07 Å². The number of thiophene rings is 1. The van der Waals surface area contributed by atoms with Crippen LogP contribution in [0.1, 0.15) is 11.3 Å². The fraction of sp³-hybridized carbons (Fsp3) is 0.462. The second kappa shape index (κ2) is 14.0. The van der Waals surface area contributed by atoms with Crippen LogP contribution in [0.15, 0.2) is 17.5 Å². The van der Waals surface area contributed by atoms with E-state index in [0.717, 1.165) is 4.88 Å². The molecule has 0 aromatic carbocycles. The summed E-state index contributed by atoms with van der Waals surface area (Å²) in [5, 5.41) is 6.73. The quantitative estimate of drug-likeness (QED) is 0.431. The van der Waals surface area contributed by atoms with Crippen LogP contribution >= 0.6 is 11.3 Å². The number of primary amides is 1. The van der Waals surface area contributed by atoms with Crippen LogP contribution in [0.2, 0.25) is 0 Å². The number of nitrogens with one attached hydrogen (secondary N) is 2. The van der Waals surface area contributed by atoms with Gasteiger partial charge in [-0.2, -0.15) is 0 Å². The maximum absolute atomic E-state index is 11.7. The van der Waals surface area contributed by atoms with Crippen molar-refractivity contribution in [3.05, 3.63) is 22.4 Å². The number of likely N-dealkylation sites (N-methyl/N-ethyl adjacent to an activating group) is 1. The van der Waals surface area contributed by atoms with Gasteiger partial charge in [0.15, 0.2) is 0 Å². The standard InChI is InChI=1S/C11H15N3O3S.2CH5N/c1-13-11(17)8(6-9(12)15)14-10(16)5-7-3-2-4-18-7;2*1-2/h2-4,8H,5-6H2,1H3,(H2,12,15)(H,13,17)(H,14,16);2*2H2,1H3/t8-;;/m0../s1. The normalized spacial score (nSPS) is 10.0. The molecule has 1 atom stereocenters. The van der Waals surface area contributed by atoms with Gasteiger partial charge < -0.3 is 27.8 Å². The van der Waals surface area contributed by atoms with E-state index in [9.17, 15) is 14.4 Å². The molecular formula is C13H25N5O3S. The molecule has 126 valence electrons. The summed E-state index contributed by atoms with van der Waals surface area (Å²) in [5.74, 6) is -1.39. The smallest absolute Gasteiger partial charge is 0.242 e. The molecule has 1 aromatic rings. The number of nitrogens with two attached hydrogens (primary N) is 3. The first-order valence-corrected chi connectivity index (χ1v) is 7.38. The van der Waals surface area contributed by atoms with Crippen LogP contribution < -0.4 is 27.8 Å². The lowest BCUT2D eigenvalue weighted by Crippen LogP contribution is -2.48. The fourth-order valence-electron chi connectivity index (χ4n) is 1.40. The van der Waals surface area contributed by atoms with Crippen molar-refractivity contribution in [2.24, 2.45) is 17.2 Å². The number of rotatable bonds is 6. The van der Waals surface area contributed by atoms with E-state index in [1.165, 1.54) is 32.5 Å². The summed E-state index contributed by atoms with van der Waals surface area (Å²) in [6.45, 7) is 0. The Labute approximate surface area is 134 Å². The van der Waals surface area contributed by atoms with E-state index in [1.54, 1.807) is 0 Å². The van der Waals surface area contributed by atoms with E-state index >= 15 is 0 Å². The van der Waals surface area contributed by atoms with Crippen LogP contribution in [0, 0.1) is 0 Å². The molecule has 0 aliphatic carbocycles. The highest BCUT2D eigenvalue weighted by molar-refractivity contribution is 7.10. The topological polar surface area (TPSA) is 153 Å². The predicted molar refractivity (Wildman–Crippen MR) is 88.1 cm³/mol. The minimum Gasteiger partial charge on any atom is -0.370 e. The summed E-state index contributed by atoms with van der Waals surface area (Å²) >= 11 is 1.45. The molecule has 0 fully saturated rings. The molecule has 0 spiro atoms. The van der Waals surface area contributed by atoms with Gasteiger partial charge in [-0.15, -0.1) is 11.3 Å². The highest BCUT2D eigenvalue weighted by atomic mass is 32.1. The van der Waals surface area contributed by atoms with Crippen LogP contribution in [-0.4, -0.2) is 44.9 Å². The first kappa shape index (κ1) is 22.3. The minimum atomic E-state index is -0.917. The summed E-state index contributed by atoms with van der Waals surface area (Å²) < 4.78 is 0. The molecule has 3 amide bonds. The molecule has 9 heteroatoms. The van der Waals surface area contributed by atoms with E-state index < -0.39 is 17.9 Å². The van der Waals surface area contributed by atoms with Crippen molar-refractivity contribution in [3.8, 4) is 0 Å². The second-order valence-electron chi connectivity index (χ2n) is 3.66. The molecule has 22 heavy (non-hydrogen) atoms. The first-order valence-electron chi connectivity index (χ1n) is 6.50. The van der Waals surface area contributed by atoms with E-state index in [4.69, 9.17) is 5.73 Å². The molecule has 8 N–H and O–H groups in total. The fourth-order valence-corrected chi connectivity index (χ4v) is 2.10. The Balaban J connectivity index is 0. The molecule has 0 saturated carbocycles. The van der Waals surface area contributed by atoms with Gasteiger partial charge in [0, 0.05) is 11.9 Å². The van der Waals surface area contributed by atoms with Crippen LogP contribution in [0.5, 0.6) is 0 Å². The molecule has 1 aromatic heterocycles. The summed E-state index contributed by atoms with van der Waals surface area (Å²) in [6, 6.07) is 2.75. The van der Waals surface area contributed by atoms with Gasteiger partial charge in [-0.3, -0.25) is 14.4 Å². The van der Waals surface area contributed by atoms with Gasteiger partial charge in [0.2, 0.25) is 17.7 Å². The van der Waals surface area contributed by atoms with Gasteiger partial charge in [0.25, 0.3) is 0 Å². The zero-order chi connectivity index (χ0) is 17.5. The molecule has 0 aliphatic heterocycles. The third kappa shape index (κ3) is 9.86. The van der Waals surface area contributed by atoms with Crippen molar-refractivity contribution < 1.29 is 14.4 Å². The average Bonchev–Trinajstić information content (AvgIpc) is 3.02. The van der Waals surface area contributed by atoms with Crippen molar-refractivity contribution in [3.63, 3.8) is 0 Å². The van der Waals surface area contributed by atoms with Crippen molar-refractivity contribution >= 4 is 29.1 Å². The Bertz CT molecular complexity index is 437. The van der Waals surface area contributed by atoms with Crippen LogP contribution in [0.25, 0.3) is 0 Å². The lowest BCUT2D eigenvalue weighted by Gasteiger charge is -2.15. The third-order valence-corrected chi connectivity index (χ3v) is 3.09. The number of amides is 3. The van der Waals surface area contributed by atoms with Crippen molar-refractivity contribution in [1.29, 1.82) is 0 Å². The number of hydrogen-bond donors (Lipinski definition) is 5. The SMILES string of the molecule is CN.CN.CNC(=O)[C@H](CC(N)=O)NC(=O)Cc1cccs1. The third-order valence-electron chi connectivity index (χ3n) is 2.22. The molecule has 1 rings (SSSR count). The van der Waals surface area contributed by atoms with Crippen LogP contribution in [0.4, 0.5) is 0 Å². The molecule has 1 heterocycles. The molecule has 0 bridgehead atoms. The van der Waals surface area contributed by atoms with Crippen molar-refractivity contribution in [2.45, 2.75) is 18.9 Å². The molecule has 8 nitrogen and oxygen atoms in total. The maximum Gasteiger partial charge on any atom is 0.242 e. The maximum atomic E-state index is 11.7. The monoisotopic (exact) mass is 331 g/mol. The van der Waals surface area contributed by atoms with Crippen molar-refractivity contribution in [2.75, 3.05) is 21.1 Å². The Kier molecular flexibility index (Phi) is 14.2. The highest BCUT2D eigenvalue weighted by Crippen LogP contribution is 2.09. The Morgan fingerprint density at radius 2 is 1.82 bits per heavy atom. The van der Waals surface area contributed by atoms with Crippen LogP contribution in [-0.2, 0) is 20.8 Å². The Morgan fingerprint density at radius 1 is 1.23 bits per heavy atom. The van der Waals surface area contributed by atoms with Gasteiger partial charge in [0.05, 0.1) is 12.8 Å². The number of hydrogen-bond acceptors (Lipinski definition) is 6. The summed E-state index contributed by atoms with van der Waals surface area (Å²) in [5.41, 5.74) is 14.0. The first-order chi connectivity index (χ1) is 10.5. The van der Waals surface area contributed by atoms with Crippen molar-refractivity contribution in [1.82, 2.24) is 10.6 Å². The summed E-state index contributed by atoms with van der Waals surface area (Å²) in [4.78, 5) is 34.9. The number of carbonyl (C=O) groups excluding carboxylic acids is 3.